The molecule has 116 valence electrons. The Morgan fingerprint density at radius 3 is 2.71 bits per heavy atom. The van der Waals surface area contributed by atoms with Crippen molar-refractivity contribution in [1.82, 2.24) is 5.32 Å². The van der Waals surface area contributed by atoms with E-state index >= 15 is 0 Å². The summed E-state index contributed by atoms with van der Waals surface area (Å²) in [6.07, 6.45) is 3.67. The number of nitrogens with one attached hydrogen (secondary N) is 1. The summed E-state index contributed by atoms with van der Waals surface area (Å²) in [4.78, 5) is 12.5. The average molecular weight is 314 g/mol. The highest BCUT2D eigenvalue weighted by Gasteiger charge is 2.36. The van der Waals surface area contributed by atoms with Crippen LogP contribution in [0.1, 0.15) is 43.0 Å². The van der Waals surface area contributed by atoms with Gasteiger partial charge in [0.15, 0.2) is 0 Å². The first kappa shape index (κ1) is 16.1. The molecule has 0 spiro atoms. The Balaban J connectivity index is 2.21. The van der Waals surface area contributed by atoms with E-state index in [0.29, 0.717) is 11.8 Å². The number of rotatable bonds is 4. The third-order valence-electron chi connectivity index (χ3n) is 4.29. The van der Waals surface area contributed by atoms with Crippen LogP contribution in [0.3, 0.4) is 0 Å². The topological polar surface area (TPSA) is 38.3 Å². The molecule has 1 aromatic rings. The second-order valence-electron chi connectivity index (χ2n) is 5.87. The van der Waals surface area contributed by atoms with Crippen LogP contribution in [-0.4, -0.2) is 24.4 Å². The molecule has 1 aromatic carbocycles. The molecule has 1 N–H and O–H groups in total. The summed E-state index contributed by atoms with van der Waals surface area (Å²) in [5.41, 5.74) is -0.499. The summed E-state index contributed by atoms with van der Waals surface area (Å²) in [5.74, 6) is 0.172. The molecule has 0 saturated heterocycles. The Kier molecular flexibility index (Phi) is 5.09. The third-order valence-corrected chi connectivity index (χ3v) is 4.80. The number of benzene rings is 1. The Hall–Kier alpha value is -1.29. The SMILES string of the molecule is COc1cccc(F)c1C(=O)NC1(CCl)CCC(C)CC1. The van der Waals surface area contributed by atoms with E-state index in [9.17, 15) is 9.18 Å². The number of halogens is 2. The van der Waals surface area contributed by atoms with Crippen molar-refractivity contribution < 1.29 is 13.9 Å². The van der Waals surface area contributed by atoms with Crippen molar-refractivity contribution in [3.05, 3.63) is 29.6 Å². The first-order chi connectivity index (χ1) is 10.0. The van der Waals surface area contributed by atoms with Gasteiger partial charge in [0, 0.05) is 5.88 Å². The van der Waals surface area contributed by atoms with E-state index < -0.39 is 17.3 Å². The molecule has 0 radical (unpaired) electrons. The Morgan fingerprint density at radius 2 is 2.14 bits per heavy atom. The highest BCUT2D eigenvalue weighted by atomic mass is 35.5. The normalized spacial score (nSPS) is 25.4. The Morgan fingerprint density at radius 1 is 1.48 bits per heavy atom. The highest BCUT2D eigenvalue weighted by Crippen LogP contribution is 2.33. The smallest absolute Gasteiger partial charge is 0.258 e. The van der Waals surface area contributed by atoms with Gasteiger partial charge in [0.05, 0.1) is 12.6 Å². The van der Waals surface area contributed by atoms with Crippen molar-refractivity contribution in [3.8, 4) is 5.75 Å². The van der Waals surface area contributed by atoms with Gasteiger partial charge in [0.2, 0.25) is 0 Å². The van der Waals surface area contributed by atoms with Crippen molar-refractivity contribution in [2.24, 2.45) is 5.92 Å². The zero-order valence-corrected chi connectivity index (χ0v) is 13.2. The van der Waals surface area contributed by atoms with Crippen molar-refractivity contribution in [1.29, 1.82) is 0 Å². The minimum atomic E-state index is -0.583. The molecule has 1 saturated carbocycles. The van der Waals surface area contributed by atoms with E-state index in [0.717, 1.165) is 25.7 Å². The largest absolute Gasteiger partial charge is 0.496 e. The lowest BCUT2D eigenvalue weighted by atomic mass is 9.78. The monoisotopic (exact) mass is 313 g/mol. The summed E-state index contributed by atoms with van der Waals surface area (Å²) in [6.45, 7) is 2.19. The number of alkyl halides is 1. The number of carbonyl (C=O) groups is 1. The Bertz CT molecular complexity index is 513. The van der Waals surface area contributed by atoms with Crippen LogP contribution >= 0.6 is 11.6 Å². The standard InChI is InChI=1S/C16H21ClFNO2/c1-11-6-8-16(10-17,9-7-11)19-15(20)14-12(18)4-3-5-13(14)21-2/h3-5,11H,6-10H2,1-2H3,(H,19,20). The zero-order valence-electron chi connectivity index (χ0n) is 12.4. The van der Waals surface area contributed by atoms with Gasteiger partial charge in [0.1, 0.15) is 17.1 Å². The fourth-order valence-corrected chi connectivity index (χ4v) is 3.14. The second-order valence-corrected chi connectivity index (χ2v) is 6.13. The van der Waals surface area contributed by atoms with Crippen molar-refractivity contribution >= 4 is 17.5 Å². The number of ether oxygens (including phenoxy) is 1. The number of amides is 1. The van der Waals surface area contributed by atoms with Gasteiger partial charge >= 0.3 is 0 Å². The lowest BCUT2D eigenvalue weighted by molar-refractivity contribution is 0.0865. The van der Waals surface area contributed by atoms with Crippen LogP contribution in [0, 0.1) is 11.7 Å². The molecule has 0 aromatic heterocycles. The number of methoxy groups -OCH3 is 1. The molecule has 2 rings (SSSR count). The molecular formula is C16H21ClFNO2. The first-order valence-corrected chi connectivity index (χ1v) is 7.76. The molecule has 21 heavy (non-hydrogen) atoms. The molecular weight excluding hydrogens is 293 g/mol. The summed E-state index contributed by atoms with van der Waals surface area (Å²) in [5, 5.41) is 2.94. The van der Waals surface area contributed by atoms with Gasteiger partial charge in [0.25, 0.3) is 5.91 Å². The minimum absolute atomic E-state index is 0.0527. The lowest BCUT2D eigenvalue weighted by Gasteiger charge is -2.38. The quantitative estimate of drug-likeness (QED) is 0.860. The molecule has 1 aliphatic carbocycles. The molecule has 0 heterocycles. The maximum atomic E-state index is 14.0. The van der Waals surface area contributed by atoms with Crippen molar-refractivity contribution in [3.63, 3.8) is 0 Å². The predicted molar refractivity (Wildman–Crippen MR) is 81.5 cm³/mol. The van der Waals surface area contributed by atoms with Crippen LogP contribution in [0.15, 0.2) is 18.2 Å². The average Bonchev–Trinajstić information content (AvgIpc) is 2.49. The molecule has 0 bridgehead atoms. The fourth-order valence-electron chi connectivity index (χ4n) is 2.80. The van der Waals surface area contributed by atoms with Crippen LogP contribution in [0.2, 0.25) is 0 Å². The van der Waals surface area contributed by atoms with E-state index in [-0.39, 0.29) is 11.3 Å². The van der Waals surface area contributed by atoms with Crippen molar-refractivity contribution in [2.75, 3.05) is 13.0 Å². The first-order valence-electron chi connectivity index (χ1n) is 7.22. The van der Waals surface area contributed by atoms with Crippen LogP contribution < -0.4 is 10.1 Å². The minimum Gasteiger partial charge on any atom is -0.496 e. The van der Waals surface area contributed by atoms with Gasteiger partial charge in [-0.25, -0.2) is 4.39 Å². The van der Waals surface area contributed by atoms with Gasteiger partial charge in [-0.15, -0.1) is 11.6 Å². The van der Waals surface area contributed by atoms with E-state index in [2.05, 4.69) is 12.2 Å². The van der Waals surface area contributed by atoms with Crippen molar-refractivity contribution in [2.45, 2.75) is 38.1 Å². The number of hydrogen-bond donors (Lipinski definition) is 1. The van der Waals surface area contributed by atoms with Gasteiger partial charge in [-0.05, 0) is 43.7 Å². The van der Waals surface area contributed by atoms with Gasteiger partial charge in [-0.1, -0.05) is 13.0 Å². The van der Waals surface area contributed by atoms with E-state index in [1.54, 1.807) is 6.07 Å². The predicted octanol–water partition coefficient (Wildman–Crippen LogP) is 3.75. The lowest BCUT2D eigenvalue weighted by Crippen LogP contribution is -2.52. The molecule has 1 fully saturated rings. The van der Waals surface area contributed by atoms with E-state index in [4.69, 9.17) is 16.3 Å². The Labute approximate surface area is 129 Å². The highest BCUT2D eigenvalue weighted by molar-refractivity contribution is 6.19. The second kappa shape index (κ2) is 6.65. The number of hydrogen-bond acceptors (Lipinski definition) is 2. The third kappa shape index (κ3) is 3.49. The molecule has 0 aliphatic heterocycles. The summed E-state index contributed by atoms with van der Waals surface area (Å²) in [6, 6.07) is 4.35. The summed E-state index contributed by atoms with van der Waals surface area (Å²) in [7, 11) is 1.42. The van der Waals surface area contributed by atoms with Gasteiger partial charge in [-0.2, -0.15) is 0 Å². The zero-order chi connectivity index (χ0) is 15.5. The number of carbonyl (C=O) groups excluding carboxylic acids is 1. The summed E-state index contributed by atoms with van der Waals surface area (Å²) >= 11 is 6.09. The van der Waals surface area contributed by atoms with E-state index in [1.165, 1.54) is 19.2 Å². The van der Waals surface area contributed by atoms with Gasteiger partial charge in [-0.3, -0.25) is 4.79 Å². The molecule has 3 nitrogen and oxygen atoms in total. The van der Waals surface area contributed by atoms with Crippen LogP contribution in [-0.2, 0) is 0 Å². The van der Waals surface area contributed by atoms with Crippen LogP contribution in [0.25, 0.3) is 0 Å². The summed E-state index contributed by atoms with van der Waals surface area (Å²) < 4.78 is 19.0. The maximum Gasteiger partial charge on any atom is 0.258 e. The maximum absolute atomic E-state index is 14.0. The van der Waals surface area contributed by atoms with Gasteiger partial charge < -0.3 is 10.1 Å². The molecule has 0 atom stereocenters. The molecule has 1 amide bonds. The molecule has 0 unspecified atom stereocenters. The molecule has 5 heteroatoms. The molecule has 1 aliphatic rings. The van der Waals surface area contributed by atoms with Crippen LogP contribution in [0.5, 0.6) is 5.75 Å². The van der Waals surface area contributed by atoms with Crippen LogP contribution in [0.4, 0.5) is 4.39 Å². The van der Waals surface area contributed by atoms with E-state index in [1.807, 2.05) is 0 Å². The fraction of sp³-hybridized carbons (Fsp3) is 0.562.